The maximum atomic E-state index is 6.67. The third-order valence-electron chi connectivity index (χ3n) is 12.6. The molecule has 0 aliphatic heterocycles. The van der Waals surface area contributed by atoms with Gasteiger partial charge in [0.2, 0.25) is 5.71 Å². The van der Waals surface area contributed by atoms with Crippen LogP contribution in [0.15, 0.2) is 138 Å². The molecule has 0 atom stereocenters. The van der Waals surface area contributed by atoms with Crippen LogP contribution in [0, 0.1) is 26.0 Å². The molecule has 0 saturated heterocycles. The number of nitrogens with zero attached hydrogens (tertiary/aromatic N) is 4. The molecule has 10 rings (SSSR count). The number of rotatable bonds is 8. The van der Waals surface area contributed by atoms with Crippen molar-refractivity contribution >= 4 is 57.1 Å². The van der Waals surface area contributed by atoms with Crippen molar-refractivity contribution < 1.29 is 24.5 Å². The molecule has 335 valence electrons. The van der Waals surface area contributed by atoms with E-state index >= 15 is 0 Å². The van der Waals surface area contributed by atoms with Crippen molar-refractivity contribution in [1.82, 2.24) is 19.5 Å². The Bertz CT molecular complexity index is 3330. The molecule has 0 aliphatic rings. The van der Waals surface area contributed by atoms with Crippen LogP contribution in [0.3, 0.4) is 0 Å². The summed E-state index contributed by atoms with van der Waals surface area (Å²) in [6.07, 6.45) is 2.02. The van der Waals surface area contributed by atoms with E-state index in [0.717, 1.165) is 55.7 Å². The van der Waals surface area contributed by atoms with Crippen molar-refractivity contribution in [2.24, 2.45) is 0 Å². The quantitative estimate of drug-likeness (QED) is 0.112. The van der Waals surface area contributed by atoms with Gasteiger partial charge >= 0.3 is 0 Å². The summed E-state index contributed by atoms with van der Waals surface area (Å²) in [6.45, 7) is 24.7. The Balaban J connectivity index is 0.000000278. The van der Waals surface area contributed by atoms with Crippen molar-refractivity contribution in [2.75, 3.05) is 0 Å². The van der Waals surface area contributed by atoms with Gasteiger partial charge in [-0.05, 0) is 105 Å². The number of hydrogen-bond acceptors (Lipinski definition) is 4. The maximum absolute atomic E-state index is 6.67. The minimum absolute atomic E-state index is 0. The topological polar surface area (TPSA) is 56.7 Å². The molecule has 0 bridgehead atoms. The number of para-hydroxylation sites is 2. The molecule has 66 heavy (non-hydrogen) atoms. The van der Waals surface area contributed by atoms with Gasteiger partial charge in [-0.3, -0.25) is 4.98 Å². The second-order valence-electron chi connectivity index (χ2n) is 19.5. The first-order valence-electron chi connectivity index (χ1n) is 23.0. The molecular weight excluding hydrogens is 1000 g/mol. The maximum Gasteiger partial charge on any atom is 0.216 e. The molecule has 1 radical (unpaired) electrons. The van der Waals surface area contributed by atoms with E-state index < -0.39 is 8.07 Å². The Morgan fingerprint density at radius 2 is 1.33 bits per heavy atom. The van der Waals surface area contributed by atoms with Gasteiger partial charge in [-0.15, -0.1) is 53.1 Å². The number of aromatic nitrogens is 4. The van der Waals surface area contributed by atoms with E-state index in [1.807, 2.05) is 19.2 Å². The second-order valence-corrected chi connectivity index (χ2v) is 24.6. The monoisotopic (exact) mass is 1060 g/mol. The minimum Gasteiger partial charge on any atom is -0.486 e. The molecule has 0 fully saturated rings. The summed E-state index contributed by atoms with van der Waals surface area (Å²) in [7, 11) is -1.24. The molecule has 6 aromatic carbocycles. The Hall–Kier alpha value is -5.98. The van der Waals surface area contributed by atoms with Crippen LogP contribution in [0.2, 0.25) is 19.6 Å². The van der Waals surface area contributed by atoms with E-state index in [0.29, 0.717) is 11.6 Å². The van der Waals surface area contributed by atoms with Crippen LogP contribution in [-0.4, -0.2) is 27.6 Å². The third-order valence-corrected chi connectivity index (χ3v) is 14.6. The Morgan fingerprint density at radius 3 is 1.98 bits per heavy atom. The first-order valence-corrected chi connectivity index (χ1v) is 26.5. The van der Waals surface area contributed by atoms with Gasteiger partial charge in [-0.2, -0.15) is 0 Å². The average Bonchev–Trinajstić information content (AvgIpc) is 3.87. The summed E-state index contributed by atoms with van der Waals surface area (Å²) < 4.78 is 9.04. The third kappa shape index (κ3) is 8.97. The Labute approximate surface area is 404 Å². The summed E-state index contributed by atoms with van der Waals surface area (Å²) in [5.41, 5.74) is 15.9. The van der Waals surface area contributed by atoms with Gasteiger partial charge in [0.15, 0.2) is 0 Å². The fourth-order valence-corrected chi connectivity index (χ4v) is 9.91. The molecule has 0 aliphatic carbocycles. The van der Waals surface area contributed by atoms with Gasteiger partial charge in [0.25, 0.3) is 0 Å². The van der Waals surface area contributed by atoms with Crippen LogP contribution in [-0.2, 0) is 20.1 Å². The van der Waals surface area contributed by atoms with Crippen LogP contribution in [0.5, 0.6) is 0 Å². The number of hydrogen-bond donors (Lipinski definition) is 0. The molecule has 4 aromatic heterocycles. The van der Waals surface area contributed by atoms with Gasteiger partial charge in [0, 0.05) is 43.1 Å². The predicted molar refractivity (Wildman–Crippen MR) is 277 cm³/mol. The molecule has 5 nitrogen and oxygen atoms in total. The molecule has 0 amide bonds. The van der Waals surface area contributed by atoms with E-state index in [-0.39, 0.29) is 31.9 Å². The number of furan rings is 1. The molecule has 7 heteroatoms. The fraction of sp³-hybridized carbons (Fsp3) is 0.237. The minimum atomic E-state index is -1.24. The molecule has 0 N–H and O–H groups in total. The van der Waals surface area contributed by atoms with Crippen molar-refractivity contribution in [1.29, 1.82) is 0 Å². The van der Waals surface area contributed by atoms with Gasteiger partial charge < -0.3 is 14.0 Å². The smallest absolute Gasteiger partial charge is 0.216 e. The van der Waals surface area contributed by atoms with Crippen LogP contribution < -0.4 is 5.19 Å². The van der Waals surface area contributed by atoms with Crippen molar-refractivity contribution in [2.45, 2.75) is 92.8 Å². The van der Waals surface area contributed by atoms with Crippen molar-refractivity contribution in [3.8, 4) is 39.5 Å². The molecule has 0 saturated carbocycles. The average molecular weight is 1060 g/mol. The summed E-state index contributed by atoms with van der Waals surface area (Å²) in [6, 6.07) is 52.4. The van der Waals surface area contributed by atoms with Gasteiger partial charge in [-0.25, -0.2) is 4.98 Å². The Morgan fingerprint density at radius 1 is 0.636 bits per heavy atom. The molecule has 0 unspecified atom stereocenters. The molecule has 0 spiro atoms. The normalized spacial score (nSPS) is 11.8. The van der Waals surface area contributed by atoms with Crippen LogP contribution in [0.4, 0.5) is 0 Å². The van der Waals surface area contributed by atoms with E-state index in [4.69, 9.17) is 14.4 Å². The number of pyridine rings is 2. The second kappa shape index (κ2) is 18.7. The SMILES string of the molecule is Cc1c[c-]c(-c2ccc([Si](C)(C)C)cn2)cc1.Cc1ccc2c(n1)oc1c(-c3nc4ccccc4n3-c3c(C(C)C)cc(-c4ccc5ccccc5c4)cc3C(C)C)[c-]cc(C(C)C)c12.[Ir]. The van der Waals surface area contributed by atoms with Gasteiger partial charge in [0.1, 0.15) is 0 Å². The zero-order valence-corrected chi connectivity index (χ0v) is 43.4. The molecule has 4 heterocycles. The predicted octanol–water partition coefficient (Wildman–Crippen LogP) is 15.7. The van der Waals surface area contributed by atoms with E-state index in [1.165, 1.54) is 55.0 Å². The first kappa shape index (κ1) is 46.5. The van der Waals surface area contributed by atoms with Gasteiger partial charge in [0.05, 0.1) is 30.5 Å². The van der Waals surface area contributed by atoms with Crippen LogP contribution in [0.1, 0.15) is 87.2 Å². The Kier molecular flexibility index (Phi) is 13.2. The number of benzene rings is 6. The summed E-state index contributed by atoms with van der Waals surface area (Å²) in [5, 5.41) is 6.03. The number of imidazole rings is 1. The van der Waals surface area contributed by atoms with E-state index in [1.54, 1.807) is 0 Å². The van der Waals surface area contributed by atoms with E-state index in [9.17, 15) is 0 Å². The first-order chi connectivity index (χ1) is 31.2. The van der Waals surface area contributed by atoms with Crippen molar-refractivity contribution in [3.63, 3.8) is 0 Å². The standard InChI is InChI=1S/C44H40N3O.C15H18NSi.Ir/c1-25(2)33-20-21-35(42-40(33)34-19-16-28(7)45-44(34)48-42)43-46-38-14-10-11-15-39(38)47(43)41-36(26(3)4)23-32(24-37(41)27(5)6)31-18-17-29-12-8-9-13-30(29)22-31;1-12-5-7-13(8-6-12)15-10-9-14(11-16-15)17(2,3)4;/h8-20,22-27H,1-7H3;5-7,9-11H,1-4H3;/q2*-1;. The largest absolute Gasteiger partial charge is 0.486 e. The van der Waals surface area contributed by atoms with Crippen LogP contribution >= 0.6 is 0 Å². The van der Waals surface area contributed by atoms with Crippen LogP contribution in [0.25, 0.3) is 83.3 Å². The zero-order valence-electron chi connectivity index (χ0n) is 40.0. The van der Waals surface area contributed by atoms with Gasteiger partial charge in [-0.1, -0.05) is 146 Å². The van der Waals surface area contributed by atoms with Crippen molar-refractivity contribution in [3.05, 3.63) is 174 Å². The summed E-state index contributed by atoms with van der Waals surface area (Å²) in [4.78, 5) is 14.7. The van der Waals surface area contributed by atoms with E-state index in [2.05, 4.69) is 211 Å². The number of fused-ring (bicyclic) bond motifs is 5. The zero-order chi connectivity index (χ0) is 45.7. The summed E-state index contributed by atoms with van der Waals surface area (Å²) >= 11 is 0. The molecular formula is C59H58IrN4OSi-2. The fourth-order valence-electron chi connectivity index (χ4n) is 8.88. The number of aryl methyl sites for hydroxylation is 2. The molecule has 10 aromatic rings. The summed E-state index contributed by atoms with van der Waals surface area (Å²) in [5.74, 6) is 1.64.